The fourth-order valence-electron chi connectivity index (χ4n) is 6.87. The Kier molecular flexibility index (Phi) is 10.8. The molecule has 5 atom stereocenters. The summed E-state index contributed by atoms with van der Waals surface area (Å²) in [6.45, 7) is 12.4. The lowest BCUT2D eigenvalue weighted by Crippen LogP contribution is -2.51. The number of halogens is 3. The van der Waals surface area contributed by atoms with Crippen LogP contribution in [0.15, 0.2) is 36.5 Å². The Balaban J connectivity index is 1.92. The molecule has 11 heteroatoms. The fourth-order valence-corrected chi connectivity index (χ4v) is 6.87. The van der Waals surface area contributed by atoms with Crippen molar-refractivity contribution >= 4 is 11.9 Å². The summed E-state index contributed by atoms with van der Waals surface area (Å²) in [7, 11) is 1.36. The lowest BCUT2D eigenvalue weighted by Gasteiger charge is -2.36. The molecule has 0 radical (unpaired) electrons. The number of carbonyl (C=O) groups is 2. The maximum absolute atomic E-state index is 14.5. The first-order valence-corrected chi connectivity index (χ1v) is 15.7. The van der Waals surface area contributed by atoms with Crippen LogP contribution < -0.4 is 10.1 Å². The van der Waals surface area contributed by atoms with Crippen molar-refractivity contribution in [3.8, 4) is 5.88 Å². The van der Waals surface area contributed by atoms with Crippen LogP contribution >= 0.6 is 0 Å². The van der Waals surface area contributed by atoms with Crippen LogP contribution in [0.25, 0.3) is 0 Å². The first kappa shape index (κ1) is 34.7. The molecule has 2 fully saturated rings. The zero-order valence-corrected chi connectivity index (χ0v) is 27.2. The molecule has 1 amide bonds. The van der Waals surface area contributed by atoms with Crippen LogP contribution in [-0.4, -0.2) is 60.3 Å². The third-order valence-corrected chi connectivity index (χ3v) is 8.82. The van der Waals surface area contributed by atoms with E-state index in [-0.39, 0.29) is 36.4 Å². The number of hydrogen-bond donors (Lipinski definition) is 1. The van der Waals surface area contributed by atoms with Crippen molar-refractivity contribution in [2.24, 2.45) is 11.3 Å². The average Bonchev–Trinajstić information content (AvgIpc) is 3.35. The Hall–Kier alpha value is -3.18. The minimum absolute atomic E-state index is 0.0464. The predicted octanol–water partition coefficient (Wildman–Crippen LogP) is 6.44. The van der Waals surface area contributed by atoms with Gasteiger partial charge in [0.2, 0.25) is 5.88 Å². The van der Waals surface area contributed by atoms with E-state index in [1.54, 1.807) is 11.8 Å². The molecule has 2 saturated heterocycles. The quantitative estimate of drug-likeness (QED) is 0.318. The smallest absolute Gasteiger partial charge is 0.417 e. The third-order valence-electron chi connectivity index (χ3n) is 8.82. The second-order valence-corrected chi connectivity index (χ2v) is 13.2. The number of ether oxygens (including phenoxy) is 3. The Morgan fingerprint density at radius 2 is 1.87 bits per heavy atom. The first-order valence-electron chi connectivity index (χ1n) is 15.7. The molecule has 4 rings (SSSR count). The molecule has 0 bridgehead atoms. The number of likely N-dealkylation sites (tertiary alicyclic amines) is 1. The molecule has 0 aliphatic carbocycles. The van der Waals surface area contributed by atoms with Crippen LogP contribution in [0.2, 0.25) is 0 Å². The number of carbonyl (C=O) groups excluding carboxylic acids is 2. The number of nitrogens with one attached hydrogen (secondary N) is 1. The molecule has 2 aliphatic heterocycles. The van der Waals surface area contributed by atoms with Gasteiger partial charge in [0.15, 0.2) is 0 Å². The summed E-state index contributed by atoms with van der Waals surface area (Å²) in [6.07, 6.45) is -2.34. The maximum Gasteiger partial charge on any atom is 0.417 e. The van der Waals surface area contributed by atoms with E-state index in [0.29, 0.717) is 13.0 Å². The van der Waals surface area contributed by atoms with Gasteiger partial charge in [-0.05, 0) is 54.7 Å². The number of alkyl halides is 3. The van der Waals surface area contributed by atoms with Gasteiger partial charge in [-0.15, -0.1) is 0 Å². The van der Waals surface area contributed by atoms with Crippen LogP contribution in [0.5, 0.6) is 5.88 Å². The van der Waals surface area contributed by atoms with Crippen LogP contribution in [0.3, 0.4) is 0 Å². The topological polar surface area (TPSA) is 90.0 Å². The molecule has 45 heavy (non-hydrogen) atoms. The summed E-state index contributed by atoms with van der Waals surface area (Å²) in [6, 6.07) is 6.68. The van der Waals surface area contributed by atoms with Crippen molar-refractivity contribution < 1.29 is 37.0 Å². The van der Waals surface area contributed by atoms with Gasteiger partial charge in [-0.1, -0.05) is 58.9 Å². The molecule has 0 spiro atoms. The van der Waals surface area contributed by atoms with E-state index in [1.165, 1.54) is 7.11 Å². The highest BCUT2D eigenvalue weighted by Gasteiger charge is 2.59. The van der Waals surface area contributed by atoms with Gasteiger partial charge in [0.1, 0.15) is 12.1 Å². The maximum atomic E-state index is 14.5. The standard InChI is InChI=1S/C34H46F3N3O5/c1-8-44-32(42)29-26(33(4,5)6)27(38-18-21-17-22(34(35,36)37)19-39-30(21)43-7)28(24-14-10-9-13-23(24)20(2)3)40(29)31(41)25-15-11-12-16-45-25/h9-10,13-14,17,19-20,25-29,38H,8,11-12,15-16,18H2,1-7H3/t25-,26+,27+,28+,29+/m1/s1. The summed E-state index contributed by atoms with van der Waals surface area (Å²) >= 11 is 0. The normalized spacial score (nSPS) is 24.2. The van der Waals surface area contributed by atoms with E-state index >= 15 is 0 Å². The number of aromatic nitrogens is 1. The SMILES string of the molecule is CCOC(=O)[C@@H]1[C@@H](C(C)(C)C)[C@H](NCc2cc(C(F)(F)F)cnc2OC)[C@H](c2ccccc2C(C)C)N1C(=O)[C@H]1CCCCO1. The lowest BCUT2D eigenvalue weighted by atomic mass is 9.72. The monoisotopic (exact) mass is 633 g/mol. The van der Waals surface area contributed by atoms with Gasteiger partial charge in [0.05, 0.1) is 25.3 Å². The van der Waals surface area contributed by atoms with E-state index in [9.17, 15) is 22.8 Å². The van der Waals surface area contributed by atoms with Gasteiger partial charge in [0, 0.05) is 36.9 Å². The van der Waals surface area contributed by atoms with Crippen molar-refractivity contribution in [1.29, 1.82) is 0 Å². The predicted molar refractivity (Wildman–Crippen MR) is 163 cm³/mol. The summed E-state index contributed by atoms with van der Waals surface area (Å²) in [5.41, 5.74) is 0.648. The van der Waals surface area contributed by atoms with E-state index in [0.717, 1.165) is 36.2 Å². The summed E-state index contributed by atoms with van der Waals surface area (Å²) in [4.78, 5) is 34.1. The Morgan fingerprint density at radius 3 is 2.44 bits per heavy atom. The number of benzene rings is 1. The van der Waals surface area contributed by atoms with Crippen molar-refractivity contribution in [1.82, 2.24) is 15.2 Å². The van der Waals surface area contributed by atoms with Gasteiger partial charge < -0.3 is 24.4 Å². The Labute approximate surface area is 264 Å². The van der Waals surface area contributed by atoms with Crippen LogP contribution in [0.1, 0.15) is 95.0 Å². The number of pyridine rings is 1. The van der Waals surface area contributed by atoms with Crippen LogP contribution in [0.4, 0.5) is 13.2 Å². The molecule has 0 unspecified atom stereocenters. The van der Waals surface area contributed by atoms with Crippen molar-refractivity contribution in [3.05, 3.63) is 58.8 Å². The molecule has 248 valence electrons. The van der Waals surface area contributed by atoms with E-state index < -0.39 is 53.3 Å². The number of esters is 1. The number of nitrogens with zero attached hydrogens (tertiary/aromatic N) is 2. The number of methoxy groups -OCH3 is 1. The Morgan fingerprint density at radius 1 is 1.16 bits per heavy atom. The second-order valence-electron chi connectivity index (χ2n) is 13.2. The molecule has 0 saturated carbocycles. The van der Waals surface area contributed by atoms with Crippen molar-refractivity contribution in [3.63, 3.8) is 0 Å². The van der Waals surface area contributed by atoms with Crippen molar-refractivity contribution in [2.75, 3.05) is 20.3 Å². The highest BCUT2D eigenvalue weighted by atomic mass is 19.4. The molecular weight excluding hydrogens is 587 g/mol. The zero-order chi connectivity index (χ0) is 33.1. The molecule has 1 N–H and O–H groups in total. The molecule has 8 nitrogen and oxygen atoms in total. The van der Waals surface area contributed by atoms with Crippen LogP contribution in [0, 0.1) is 11.3 Å². The molecule has 1 aromatic heterocycles. The van der Waals surface area contributed by atoms with E-state index in [4.69, 9.17) is 14.2 Å². The Bertz CT molecular complexity index is 1340. The molecule has 1 aromatic carbocycles. The van der Waals surface area contributed by atoms with Gasteiger partial charge in [-0.2, -0.15) is 13.2 Å². The average molecular weight is 634 g/mol. The highest BCUT2D eigenvalue weighted by Crippen LogP contribution is 2.50. The minimum atomic E-state index is -4.59. The van der Waals surface area contributed by atoms with Gasteiger partial charge in [-0.3, -0.25) is 4.79 Å². The van der Waals surface area contributed by atoms with E-state index in [2.05, 4.69) is 24.1 Å². The number of rotatable bonds is 9. The fraction of sp³-hybridized carbons (Fsp3) is 0.618. The largest absolute Gasteiger partial charge is 0.481 e. The minimum Gasteiger partial charge on any atom is -0.481 e. The van der Waals surface area contributed by atoms with Crippen molar-refractivity contribution in [2.45, 2.75) is 104 Å². The van der Waals surface area contributed by atoms with Crippen LogP contribution in [-0.2, 0) is 31.8 Å². The van der Waals surface area contributed by atoms with E-state index in [1.807, 2.05) is 45.0 Å². The first-order chi connectivity index (χ1) is 21.2. The molecule has 2 aromatic rings. The molecule has 3 heterocycles. The third kappa shape index (κ3) is 7.46. The number of hydrogen-bond acceptors (Lipinski definition) is 7. The summed E-state index contributed by atoms with van der Waals surface area (Å²) in [5, 5.41) is 3.51. The lowest BCUT2D eigenvalue weighted by molar-refractivity contribution is -0.162. The summed E-state index contributed by atoms with van der Waals surface area (Å²) in [5.74, 6) is -1.14. The number of amides is 1. The van der Waals surface area contributed by atoms with Gasteiger partial charge >= 0.3 is 12.1 Å². The molecule has 2 aliphatic rings. The zero-order valence-electron chi connectivity index (χ0n) is 27.2. The highest BCUT2D eigenvalue weighted by molar-refractivity contribution is 5.89. The molecular formula is C34H46F3N3O5. The summed E-state index contributed by atoms with van der Waals surface area (Å²) < 4.78 is 58.0. The van der Waals surface area contributed by atoms with Gasteiger partial charge in [0.25, 0.3) is 5.91 Å². The van der Waals surface area contributed by atoms with Gasteiger partial charge in [-0.25, -0.2) is 9.78 Å². The second kappa shape index (κ2) is 14.1.